The first kappa shape index (κ1) is 35.8. The van der Waals surface area contributed by atoms with Gasteiger partial charge >= 0.3 is 0 Å². The smallest absolute Gasteiger partial charge is 0.264 e. The lowest BCUT2D eigenvalue weighted by molar-refractivity contribution is -0.140. The molecule has 48 heavy (non-hydrogen) atoms. The molecule has 0 spiro atoms. The molecule has 0 bridgehead atoms. The van der Waals surface area contributed by atoms with Gasteiger partial charge in [0.15, 0.2) is 11.5 Å². The van der Waals surface area contributed by atoms with E-state index in [0.29, 0.717) is 24.7 Å². The highest BCUT2D eigenvalue weighted by Crippen LogP contribution is 2.33. The SMILES string of the molecule is CCNC(=O)[C@@H](Cc1ccccc1)N(Cc1ccccc1C)C(=O)CN(c1ccc(OCC)cc1)S(=O)(=O)c1ccc(OC)c(OC)c1. The van der Waals surface area contributed by atoms with Crippen LogP contribution in [0.3, 0.4) is 0 Å². The topological polar surface area (TPSA) is 114 Å². The predicted octanol–water partition coefficient (Wildman–Crippen LogP) is 5.38. The summed E-state index contributed by atoms with van der Waals surface area (Å²) in [6.07, 6.45) is 0.232. The molecule has 0 aliphatic rings. The van der Waals surface area contributed by atoms with Crippen LogP contribution in [0.1, 0.15) is 30.5 Å². The minimum absolute atomic E-state index is 0.0909. The van der Waals surface area contributed by atoms with E-state index in [4.69, 9.17) is 14.2 Å². The van der Waals surface area contributed by atoms with Gasteiger partial charge in [-0.1, -0.05) is 54.6 Å². The average molecular weight is 674 g/mol. The molecule has 4 aromatic carbocycles. The van der Waals surface area contributed by atoms with E-state index in [1.54, 1.807) is 24.3 Å². The summed E-state index contributed by atoms with van der Waals surface area (Å²) in [6, 6.07) is 26.9. The number of carbonyl (C=O) groups excluding carboxylic acids is 2. The van der Waals surface area contributed by atoms with Gasteiger partial charge < -0.3 is 24.4 Å². The average Bonchev–Trinajstić information content (AvgIpc) is 3.10. The first-order chi connectivity index (χ1) is 23.1. The van der Waals surface area contributed by atoms with Gasteiger partial charge in [-0.25, -0.2) is 8.42 Å². The molecule has 0 saturated carbocycles. The number of nitrogens with zero attached hydrogens (tertiary/aromatic N) is 2. The Labute approximate surface area is 283 Å². The van der Waals surface area contributed by atoms with Gasteiger partial charge in [-0.2, -0.15) is 0 Å². The number of benzene rings is 4. The van der Waals surface area contributed by atoms with Crippen LogP contribution in [0, 0.1) is 6.92 Å². The Bertz CT molecular complexity index is 1780. The summed E-state index contributed by atoms with van der Waals surface area (Å²) < 4.78 is 46.2. The molecule has 0 saturated heterocycles. The Kier molecular flexibility index (Phi) is 12.5. The second-order valence-electron chi connectivity index (χ2n) is 11.0. The molecule has 0 fully saturated rings. The third-order valence-electron chi connectivity index (χ3n) is 7.88. The highest BCUT2D eigenvalue weighted by atomic mass is 32.2. The molecule has 10 nitrogen and oxygen atoms in total. The van der Waals surface area contributed by atoms with E-state index in [0.717, 1.165) is 21.0 Å². The number of ether oxygens (including phenoxy) is 3. The minimum atomic E-state index is -4.35. The summed E-state index contributed by atoms with van der Waals surface area (Å²) in [4.78, 5) is 29.7. The Balaban J connectivity index is 1.83. The van der Waals surface area contributed by atoms with Gasteiger partial charge in [0.2, 0.25) is 11.8 Å². The van der Waals surface area contributed by atoms with Crippen molar-refractivity contribution in [3.8, 4) is 17.2 Å². The van der Waals surface area contributed by atoms with Crippen LogP contribution in [0.5, 0.6) is 17.2 Å². The largest absolute Gasteiger partial charge is 0.494 e. The second-order valence-corrected chi connectivity index (χ2v) is 12.9. The fraction of sp³-hybridized carbons (Fsp3) is 0.297. The van der Waals surface area contributed by atoms with E-state index in [-0.39, 0.29) is 35.2 Å². The summed E-state index contributed by atoms with van der Waals surface area (Å²) in [5.74, 6) is 0.241. The number of amides is 2. The number of methoxy groups -OCH3 is 2. The molecular formula is C37H43N3O7S. The zero-order chi connectivity index (χ0) is 34.7. The highest BCUT2D eigenvalue weighted by molar-refractivity contribution is 7.92. The van der Waals surface area contributed by atoms with Gasteiger partial charge in [0.05, 0.1) is 31.4 Å². The lowest BCUT2D eigenvalue weighted by Gasteiger charge is -2.34. The van der Waals surface area contributed by atoms with E-state index in [2.05, 4.69) is 5.32 Å². The molecule has 0 aliphatic carbocycles. The summed E-state index contributed by atoms with van der Waals surface area (Å²) in [6.45, 7) is 5.90. The zero-order valence-electron chi connectivity index (χ0n) is 28.0. The van der Waals surface area contributed by atoms with Gasteiger partial charge in [0, 0.05) is 25.6 Å². The molecule has 0 aliphatic heterocycles. The quantitative estimate of drug-likeness (QED) is 0.170. The Hall–Kier alpha value is -5.03. The Morgan fingerprint density at radius 1 is 0.833 bits per heavy atom. The fourth-order valence-corrected chi connectivity index (χ4v) is 6.76. The maximum absolute atomic E-state index is 14.6. The van der Waals surface area contributed by atoms with Gasteiger partial charge in [-0.3, -0.25) is 13.9 Å². The Morgan fingerprint density at radius 3 is 2.12 bits per heavy atom. The lowest BCUT2D eigenvalue weighted by atomic mass is 10.0. The number of sulfonamides is 1. The number of likely N-dealkylation sites (N-methyl/N-ethyl adjacent to an activating group) is 1. The number of carbonyl (C=O) groups is 2. The summed E-state index contributed by atoms with van der Waals surface area (Å²) in [7, 11) is -1.48. The van der Waals surface area contributed by atoms with Crippen molar-refractivity contribution in [2.75, 3.05) is 38.2 Å². The predicted molar refractivity (Wildman–Crippen MR) is 186 cm³/mol. The second kappa shape index (κ2) is 16.7. The molecular weight excluding hydrogens is 630 g/mol. The molecule has 0 unspecified atom stereocenters. The minimum Gasteiger partial charge on any atom is -0.494 e. The van der Waals surface area contributed by atoms with Crippen LogP contribution >= 0.6 is 0 Å². The number of rotatable bonds is 16. The molecule has 0 heterocycles. The zero-order valence-corrected chi connectivity index (χ0v) is 28.8. The maximum atomic E-state index is 14.6. The Morgan fingerprint density at radius 2 is 1.50 bits per heavy atom. The van der Waals surface area contributed by atoms with E-state index in [1.165, 1.54) is 37.3 Å². The molecule has 4 aromatic rings. The van der Waals surface area contributed by atoms with Crippen molar-refractivity contribution in [3.05, 3.63) is 114 Å². The van der Waals surface area contributed by atoms with Crippen molar-refractivity contribution < 1.29 is 32.2 Å². The number of nitrogens with one attached hydrogen (secondary N) is 1. The number of hydrogen-bond donors (Lipinski definition) is 1. The highest BCUT2D eigenvalue weighted by Gasteiger charge is 2.35. The van der Waals surface area contributed by atoms with E-state index >= 15 is 0 Å². The summed E-state index contributed by atoms with van der Waals surface area (Å²) >= 11 is 0. The van der Waals surface area contributed by atoms with Gasteiger partial charge in [-0.15, -0.1) is 0 Å². The third-order valence-corrected chi connectivity index (χ3v) is 9.65. The van der Waals surface area contributed by atoms with Crippen molar-refractivity contribution in [2.24, 2.45) is 0 Å². The lowest BCUT2D eigenvalue weighted by Crippen LogP contribution is -2.53. The molecule has 4 rings (SSSR count). The van der Waals surface area contributed by atoms with Crippen molar-refractivity contribution in [3.63, 3.8) is 0 Å². The maximum Gasteiger partial charge on any atom is 0.264 e. The van der Waals surface area contributed by atoms with Gasteiger partial charge in [0.1, 0.15) is 18.3 Å². The summed E-state index contributed by atoms with van der Waals surface area (Å²) in [5, 5.41) is 2.88. The first-order valence-electron chi connectivity index (χ1n) is 15.8. The van der Waals surface area contributed by atoms with Gasteiger partial charge in [0.25, 0.3) is 10.0 Å². The van der Waals surface area contributed by atoms with E-state index in [9.17, 15) is 18.0 Å². The molecule has 11 heteroatoms. The monoisotopic (exact) mass is 673 g/mol. The van der Waals surface area contributed by atoms with Crippen LogP contribution in [0.15, 0.2) is 102 Å². The normalized spacial score (nSPS) is 11.7. The van der Waals surface area contributed by atoms with Crippen molar-refractivity contribution in [1.29, 1.82) is 0 Å². The first-order valence-corrected chi connectivity index (χ1v) is 17.2. The van der Waals surface area contributed by atoms with Crippen molar-refractivity contribution in [1.82, 2.24) is 10.2 Å². The van der Waals surface area contributed by atoms with Crippen LogP contribution in [0.2, 0.25) is 0 Å². The molecule has 0 radical (unpaired) electrons. The molecule has 1 atom stereocenters. The van der Waals surface area contributed by atoms with Crippen LogP contribution < -0.4 is 23.8 Å². The molecule has 2 amide bonds. The number of aryl methyl sites for hydroxylation is 1. The van der Waals surface area contributed by atoms with Crippen molar-refractivity contribution >= 4 is 27.5 Å². The van der Waals surface area contributed by atoms with Crippen LogP contribution in [-0.4, -0.2) is 65.1 Å². The number of hydrogen-bond acceptors (Lipinski definition) is 7. The van der Waals surface area contributed by atoms with Crippen LogP contribution in [-0.2, 0) is 32.6 Å². The van der Waals surface area contributed by atoms with E-state index in [1.807, 2.05) is 75.4 Å². The van der Waals surface area contributed by atoms with Crippen LogP contribution in [0.25, 0.3) is 0 Å². The molecule has 1 N–H and O–H groups in total. The summed E-state index contributed by atoms with van der Waals surface area (Å²) in [5.41, 5.74) is 2.88. The fourth-order valence-electron chi connectivity index (χ4n) is 5.33. The number of anilines is 1. The van der Waals surface area contributed by atoms with E-state index < -0.39 is 28.5 Å². The van der Waals surface area contributed by atoms with Gasteiger partial charge in [-0.05, 0) is 73.9 Å². The third kappa shape index (κ3) is 8.65. The molecule has 254 valence electrons. The van der Waals surface area contributed by atoms with Crippen LogP contribution in [0.4, 0.5) is 5.69 Å². The standard InChI is InChI=1S/C37H43N3O7S/c1-6-38-37(42)33(23-28-14-9-8-10-15-28)39(25-29-16-12-11-13-27(29)3)36(41)26-40(30-17-19-31(20-18-30)47-7-2)48(43,44)32-21-22-34(45-4)35(24-32)46-5/h8-22,24,33H,6-7,23,25-26H2,1-5H3,(H,38,42)/t33-/m1/s1. The molecule has 0 aromatic heterocycles. The van der Waals surface area contributed by atoms with Crippen molar-refractivity contribution in [2.45, 2.75) is 44.7 Å².